The highest BCUT2D eigenvalue weighted by molar-refractivity contribution is 5.91. The van der Waals surface area contributed by atoms with Crippen molar-refractivity contribution >= 4 is 17.6 Å². The number of nitrogens with zero attached hydrogens (tertiary/aromatic N) is 1. The molecule has 4 rings (SSSR count). The molecule has 0 aliphatic carbocycles. The first-order valence-corrected chi connectivity index (χ1v) is 10.8. The molecular weight excluding hydrogens is 418 g/mol. The van der Waals surface area contributed by atoms with Crippen LogP contribution in [0.1, 0.15) is 17.5 Å². The molecule has 1 saturated heterocycles. The maximum absolute atomic E-state index is 13.5. The molecule has 0 amide bonds. The molecule has 0 N–H and O–H groups in total. The highest BCUT2D eigenvalue weighted by Gasteiger charge is 2.60. The summed E-state index contributed by atoms with van der Waals surface area (Å²) in [5.74, 6) is -0.155. The van der Waals surface area contributed by atoms with Crippen LogP contribution >= 0.6 is 0 Å². The lowest BCUT2D eigenvalue weighted by Gasteiger charge is -2.38. The lowest BCUT2D eigenvalue weighted by molar-refractivity contribution is -0.143. The number of ether oxygens (including phenoxy) is 3. The topological polar surface area (TPSA) is 65.1 Å². The van der Waals surface area contributed by atoms with E-state index in [1.165, 1.54) is 14.2 Å². The summed E-state index contributed by atoms with van der Waals surface area (Å²) >= 11 is 0. The minimum atomic E-state index is -0.839. The van der Waals surface area contributed by atoms with Crippen LogP contribution in [0, 0.1) is 0 Å². The van der Waals surface area contributed by atoms with Gasteiger partial charge < -0.3 is 19.1 Å². The van der Waals surface area contributed by atoms with Crippen LogP contribution in [0.5, 0.6) is 5.75 Å². The van der Waals surface area contributed by atoms with Crippen LogP contribution in [0.3, 0.4) is 0 Å². The molecule has 0 saturated carbocycles. The molecule has 2 unspecified atom stereocenters. The predicted molar refractivity (Wildman–Crippen MR) is 125 cm³/mol. The van der Waals surface area contributed by atoms with Crippen LogP contribution in [-0.4, -0.2) is 45.4 Å². The number of hydrogen-bond donors (Lipinski definition) is 0. The third-order valence-corrected chi connectivity index (χ3v) is 6.44. The van der Waals surface area contributed by atoms with Gasteiger partial charge in [-0.15, -0.1) is 0 Å². The van der Waals surface area contributed by atoms with Crippen molar-refractivity contribution in [1.29, 1.82) is 0 Å². The molecule has 6 heteroatoms. The maximum atomic E-state index is 13.5. The molecule has 3 aromatic rings. The van der Waals surface area contributed by atoms with E-state index >= 15 is 0 Å². The average molecular weight is 446 g/mol. The van der Waals surface area contributed by atoms with E-state index in [9.17, 15) is 9.59 Å². The molecule has 1 aliphatic heterocycles. The Bertz CT molecular complexity index is 1060. The van der Waals surface area contributed by atoms with Gasteiger partial charge in [-0.1, -0.05) is 60.7 Å². The Morgan fingerprint density at radius 3 is 1.73 bits per heavy atom. The number of methoxy groups -OCH3 is 3. The highest BCUT2D eigenvalue weighted by atomic mass is 16.5. The molecule has 1 heterocycles. The van der Waals surface area contributed by atoms with E-state index in [0.29, 0.717) is 17.9 Å². The van der Waals surface area contributed by atoms with Crippen molar-refractivity contribution in [3.05, 3.63) is 96.1 Å². The van der Waals surface area contributed by atoms with Gasteiger partial charge in [-0.25, -0.2) is 9.59 Å². The standard InChI is InChI=1S/C27H27NO5/c1-31-22-16-14-21(15-17-22)28-23(25(29)32-2)18-27(24(28)26(30)33-3,19-10-6-4-7-11-19)20-12-8-5-9-13-20/h4-17,23-24H,18H2,1-3H3. The van der Waals surface area contributed by atoms with Gasteiger partial charge in [0.1, 0.15) is 17.8 Å². The summed E-state index contributed by atoms with van der Waals surface area (Å²) in [4.78, 5) is 28.4. The molecule has 3 aromatic carbocycles. The molecular formula is C27H27NO5. The van der Waals surface area contributed by atoms with Gasteiger partial charge in [-0.05, 0) is 41.8 Å². The minimum Gasteiger partial charge on any atom is -0.497 e. The van der Waals surface area contributed by atoms with Crippen LogP contribution in [0.15, 0.2) is 84.9 Å². The number of hydrogen-bond acceptors (Lipinski definition) is 6. The van der Waals surface area contributed by atoms with Crippen molar-refractivity contribution < 1.29 is 23.8 Å². The number of rotatable bonds is 6. The molecule has 6 nitrogen and oxygen atoms in total. The molecule has 170 valence electrons. The Balaban J connectivity index is 2.00. The van der Waals surface area contributed by atoms with Crippen molar-refractivity contribution in [1.82, 2.24) is 0 Å². The van der Waals surface area contributed by atoms with E-state index in [1.54, 1.807) is 7.11 Å². The summed E-state index contributed by atoms with van der Waals surface area (Å²) < 4.78 is 15.8. The lowest BCUT2D eigenvalue weighted by Crippen LogP contribution is -2.51. The monoisotopic (exact) mass is 445 g/mol. The van der Waals surface area contributed by atoms with Crippen molar-refractivity contribution in [2.45, 2.75) is 23.9 Å². The van der Waals surface area contributed by atoms with Crippen LogP contribution in [0.4, 0.5) is 5.69 Å². The number of carbonyl (C=O) groups excluding carboxylic acids is 2. The summed E-state index contributed by atoms with van der Waals surface area (Å²) in [5, 5.41) is 0. The van der Waals surface area contributed by atoms with E-state index in [0.717, 1.165) is 11.1 Å². The minimum absolute atomic E-state index is 0.347. The van der Waals surface area contributed by atoms with Crippen molar-refractivity contribution in [3.8, 4) is 5.75 Å². The van der Waals surface area contributed by atoms with Gasteiger partial charge in [0.25, 0.3) is 0 Å². The largest absolute Gasteiger partial charge is 0.497 e. The van der Waals surface area contributed by atoms with Gasteiger partial charge in [0.2, 0.25) is 0 Å². The van der Waals surface area contributed by atoms with Crippen LogP contribution in [0.25, 0.3) is 0 Å². The van der Waals surface area contributed by atoms with Crippen LogP contribution in [-0.2, 0) is 24.5 Å². The number of benzene rings is 3. The van der Waals surface area contributed by atoms with Gasteiger partial charge in [-0.3, -0.25) is 0 Å². The van der Waals surface area contributed by atoms with Crippen molar-refractivity contribution in [3.63, 3.8) is 0 Å². The van der Waals surface area contributed by atoms with Crippen LogP contribution < -0.4 is 9.64 Å². The first-order valence-electron chi connectivity index (χ1n) is 10.8. The molecule has 0 aromatic heterocycles. The summed E-state index contributed by atoms with van der Waals surface area (Å²) in [5.41, 5.74) is 1.72. The molecule has 33 heavy (non-hydrogen) atoms. The third kappa shape index (κ3) is 3.82. The van der Waals surface area contributed by atoms with Gasteiger partial charge in [0, 0.05) is 5.69 Å². The van der Waals surface area contributed by atoms with E-state index in [4.69, 9.17) is 14.2 Å². The second-order valence-corrected chi connectivity index (χ2v) is 7.98. The quantitative estimate of drug-likeness (QED) is 0.535. The molecule has 0 spiro atoms. The Kier molecular flexibility index (Phi) is 6.36. The summed E-state index contributed by atoms with van der Waals surface area (Å²) in [6.45, 7) is 0. The summed E-state index contributed by atoms with van der Waals surface area (Å²) in [7, 11) is 4.34. The highest BCUT2D eigenvalue weighted by Crippen LogP contribution is 2.50. The zero-order valence-corrected chi connectivity index (χ0v) is 18.9. The predicted octanol–water partition coefficient (Wildman–Crippen LogP) is 3.97. The fourth-order valence-corrected chi connectivity index (χ4v) is 4.96. The Morgan fingerprint density at radius 2 is 1.27 bits per heavy atom. The summed E-state index contributed by atoms with van der Waals surface area (Å²) in [6, 6.07) is 25.4. The smallest absolute Gasteiger partial charge is 0.329 e. The fraction of sp³-hybridized carbons (Fsp3) is 0.259. The lowest BCUT2D eigenvalue weighted by atomic mass is 9.68. The maximum Gasteiger partial charge on any atom is 0.329 e. The molecule has 2 atom stereocenters. The second kappa shape index (κ2) is 9.36. The SMILES string of the molecule is COC(=O)C1CC(c2ccccc2)(c2ccccc2)C(C(=O)OC)N1c1ccc(OC)cc1. The Labute approximate surface area is 193 Å². The third-order valence-electron chi connectivity index (χ3n) is 6.44. The van der Waals surface area contributed by atoms with E-state index in [-0.39, 0.29) is 0 Å². The van der Waals surface area contributed by atoms with Gasteiger partial charge in [0.15, 0.2) is 0 Å². The number of carbonyl (C=O) groups is 2. The van der Waals surface area contributed by atoms with Crippen molar-refractivity contribution in [2.75, 3.05) is 26.2 Å². The summed E-state index contributed by atoms with van der Waals surface area (Å²) in [6.07, 6.45) is 0.347. The van der Waals surface area contributed by atoms with E-state index in [2.05, 4.69) is 0 Å². The first kappa shape index (κ1) is 22.4. The molecule has 0 radical (unpaired) electrons. The van der Waals surface area contributed by atoms with Gasteiger partial charge in [0.05, 0.1) is 26.7 Å². The number of anilines is 1. The Morgan fingerprint density at radius 1 is 0.758 bits per heavy atom. The second-order valence-electron chi connectivity index (χ2n) is 7.98. The van der Waals surface area contributed by atoms with Gasteiger partial charge in [-0.2, -0.15) is 0 Å². The van der Waals surface area contributed by atoms with Gasteiger partial charge >= 0.3 is 11.9 Å². The average Bonchev–Trinajstić information content (AvgIpc) is 3.26. The normalized spacial score (nSPS) is 19.1. The van der Waals surface area contributed by atoms with E-state index < -0.39 is 29.4 Å². The fourth-order valence-electron chi connectivity index (χ4n) is 4.96. The molecule has 0 bridgehead atoms. The molecule has 1 aliphatic rings. The first-order chi connectivity index (χ1) is 16.1. The van der Waals surface area contributed by atoms with E-state index in [1.807, 2.05) is 89.8 Å². The Hall–Kier alpha value is -3.80. The zero-order valence-electron chi connectivity index (χ0n) is 18.9. The number of esters is 2. The zero-order chi connectivity index (χ0) is 23.4. The molecule has 1 fully saturated rings. The van der Waals surface area contributed by atoms with Crippen molar-refractivity contribution in [2.24, 2.45) is 0 Å². The van der Waals surface area contributed by atoms with Crippen LogP contribution in [0.2, 0.25) is 0 Å².